The van der Waals surface area contributed by atoms with Gasteiger partial charge in [0.15, 0.2) is 11.2 Å². The minimum absolute atomic E-state index is 0.268. The first-order chi connectivity index (χ1) is 16.6. The highest BCUT2D eigenvalue weighted by molar-refractivity contribution is 14.1. The van der Waals surface area contributed by atoms with Gasteiger partial charge in [0.1, 0.15) is 0 Å². The predicted molar refractivity (Wildman–Crippen MR) is 122 cm³/mol. The Morgan fingerprint density at radius 1 is 0.649 bits per heavy atom. The molecule has 0 fully saturated rings. The van der Waals surface area contributed by atoms with Gasteiger partial charge in [-0.25, -0.2) is 0 Å². The van der Waals surface area contributed by atoms with Crippen LogP contribution in [-0.4, -0.2) is 71.2 Å². The van der Waals surface area contributed by atoms with Crippen molar-refractivity contribution in [2.24, 2.45) is 0 Å². The van der Waals surface area contributed by atoms with E-state index in [1.54, 1.807) is 0 Å². The molecule has 0 aromatic carbocycles. The van der Waals surface area contributed by atoms with E-state index in [-0.39, 0.29) is 12.2 Å². The van der Waals surface area contributed by atoms with Crippen LogP contribution in [-0.2, 0) is 14.2 Å². The predicted octanol–water partition coefficient (Wildman–Crippen LogP) is 7.36. The van der Waals surface area contributed by atoms with Crippen LogP contribution in [0.3, 0.4) is 0 Å². The fraction of sp³-hybridized carbons (Fsp3) is 0.600. The van der Waals surface area contributed by atoms with Crippen molar-refractivity contribution >= 4 is 45.2 Å². The lowest BCUT2D eigenvalue weighted by atomic mass is 9.81. The second-order valence-corrected chi connectivity index (χ2v) is 10.4. The maximum absolute atomic E-state index is 14.6. The molecule has 0 aliphatic heterocycles. The number of hydrogen-bond donors (Lipinski definition) is 0. The second kappa shape index (κ2) is 10.8. The molecule has 2 rings (SSSR count). The van der Waals surface area contributed by atoms with E-state index in [2.05, 4.69) is 14.2 Å². The molecule has 0 aromatic heterocycles. The Balaban J connectivity index is 2.97. The first-order valence-corrected chi connectivity index (χ1v) is 12.2. The van der Waals surface area contributed by atoms with Gasteiger partial charge in [-0.15, -0.1) is 0 Å². The van der Waals surface area contributed by atoms with Crippen LogP contribution in [0, 0.1) is 0 Å². The molecule has 2 aliphatic rings. The molecule has 0 N–H and O–H groups in total. The van der Waals surface area contributed by atoms with Gasteiger partial charge in [-0.3, -0.25) is 0 Å². The topological polar surface area (TPSA) is 27.7 Å². The van der Waals surface area contributed by atoms with E-state index in [1.165, 1.54) is 0 Å². The molecule has 0 bridgehead atoms. The Labute approximate surface area is 229 Å². The summed E-state index contributed by atoms with van der Waals surface area (Å²) in [4.78, 5) is 0. The fourth-order valence-corrected chi connectivity index (χ4v) is 5.73. The molecule has 0 saturated heterocycles. The number of halogens is 14. The average Bonchev–Trinajstić information content (AvgIpc) is 2.70. The zero-order valence-corrected chi connectivity index (χ0v) is 22.7. The minimum atomic E-state index is -5.97. The maximum Gasteiger partial charge on any atom is 0.422 e. The van der Waals surface area contributed by atoms with Crippen LogP contribution in [0.25, 0.3) is 0 Å². The molecule has 0 aromatic rings. The van der Waals surface area contributed by atoms with Gasteiger partial charge < -0.3 is 14.2 Å². The van der Waals surface area contributed by atoms with E-state index < -0.39 is 91.4 Å². The van der Waals surface area contributed by atoms with Crippen molar-refractivity contribution in [1.29, 1.82) is 0 Å². The Morgan fingerprint density at radius 2 is 0.946 bits per heavy atom. The van der Waals surface area contributed by atoms with Gasteiger partial charge in [-0.1, -0.05) is 45.2 Å². The van der Waals surface area contributed by atoms with Crippen LogP contribution in [0.2, 0.25) is 0 Å². The van der Waals surface area contributed by atoms with Gasteiger partial charge in [0.05, 0.1) is 32.2 Å². The molecule has 4 unspecified atom stereocenters. The Kier molecular flexibility index (Phi) is 9.53. The molecule has 17 heteroatoms. The second-order valence-electron chi connectivity index (χ2n) is 7.91. The smallest absolute Gasteiger partial charge is 0.380 e. The SMILES string of the molecule is COCC1=CC(C(F)(F)F)=CC(OC2(C(F)(F)F)C=C(C(F)(F)F)C=C(COC)C2I)(C(F)(F)F)C1I. The molecule has 0 amide bonds. The molecule has 212 valence electrons. The average molecular weight is 786 g/mol. The number of ether oxygens (including phenoxy) is 3. The van der Waals surface area contributed by atoms with Crippen LogP contribution in [0.15, 0.2) is 46.6 Å². The number of allylic oxidation sites excluding steroid dienone is 4. The molecule has 0 saturated carbocycles. The van der Waals surface area contributed by atoms with Crippen LogP contribution < -0.4 is 0 Å². The Bertz CT molecular complexity index is 912. The fourth-order valence-electron chi connectivity index (χ4n) is 3.69. The largest absolute Gasteiger partial charge is 0.422 e. The van der Waals surface area contributed by atoms with E-state index in [0.29, 0.717) is 0 Å². The quantitative estimate of drug-likeness (QED) is 0.160. The van der Waals surface area contributed by atoms with Crippen LogP contribution in [0.4, 0.5) is 52.7 Å². The van der Waals surface area contributed by atoms with Gasteiger partial charge in [-0.2, -0.15) is 52.7 Å². The highest BCUT2D eigenvalue weighted by Gasteiger charge is 2.71. The summed E-state index contributed by atoms with van der Waals surface area (Å²) >= 11 is 1.89. The van der Waals surface area contributed by atoms with Crippen molar-refractivity contribution < 1.29 is 66.9 Å². The van der Waals surface area contributed by atoms with E-state index in [4.69, 9.17) is 0 Å². The van der Waals surface area contributed by atoms with Gasteiger partial charge in [0.2, 0.25) is 0 Å². The Morgan fingerprint density at radius 3 is 1.16 bits per heavy atom. The molecular formula is C20H16F12I2O3. The molecule has 0 spiro atoms. The van der Waals surface area contributed by atoms with Gasteiger partial charge in [0, 0.05) is 14.2 Å². The number of alkyl halides is 14. The number of hydrogen-bond acceptors (Lipinski definition) is 3. The van der Waals surface area contributed by atoms with E-state index in [1.807, 2.05) is 0 Å². The normalized spacial score (nSPS) is 29.9. The zero-order chi connectivity index (χ0) is 28.8. The molecule has 0 heterocycles. The van der Waals surface area contributed by atoms with Crippen molar-refractivity contribution in [2.45, 2.75) is 43.8 Å². The third-order valence-corrected chi connectivity index (χ3v) is 8.78. The third-order valence-electron chi connectivity index (χ3n) is 5.33. The zero-order valence-electron chi connectivity index (χ0n) is 18.4. The van der Waals surface area contributed by atoms with Crippen molar-refractivity contribution in [3.63, 3.8) is 0 Å². The van der Waals surface area contributed by atoms with Crippen molar-refractivity contribution in [2.75, 3.05) is 27.4 Å². The summed E-state index contributed by atoms with van der Waals surface area (Å²) in [5.41, 5.74) is -14.3. The molecule has 2 aliphatic carbocycles. The summed E-state index contributed by atoms with van der Waals surface area (Å²) in [5, 5.41) is 0. The summed E-state index contributed by atoms with van der Waals surface area (Å²) in [5.74, 6) is 0. The summed E-state index contributed by atoms with van der Waals surface area (Å²) < 4.78 is 178. The first-order valence-electron chi connectivity index (χ1n) is 9.68. The van der Waals surface area contributed by atoms with E-state index in [9.17, 15) is 52.7 Å². The lowest BCUT2D eigenvalue weighted by Gasteiger charge is -2.49. The maximum atomic E-state index is 14.6. The monoisotopic (exact) mass is 786 g/mol. The number of methoxy groups -OCH3 is 2. The summed E-state index contributed by atoms with van der Waals surface area (Å²) in [6.45, 7) is -1.74. The van der Waals surface area contributed by atoms with Crippen molar-refractivity contribution in [3.05, 3.63) is 46.6 Å². The molecule has 4 atom stereocenters. The highest BCUT2D eigenvalue weighted by Crippen LogP contribution is 2.56. The van der Waals surface area contributed by atoms with Crippen LogP contribution >= 0.6 is 45.2 Å². The first kappa shape index (κ1) is 32.7. The molecule has 0 radical (unpaired) electrons. The summed E-state index contributed by atoms with van der Waals surface area (Å²) in [7, 11) is 1.84. The standard InChI is InChI=1S/C20H16F12I2O3/c1-35-7-9-3-11(17(21,22)23)5-15(13(9)33,19(27,28)29)37-16(20(30,31)32)6-12(18(24,25)26)4-10(8-36-2)14(16)34/h3-6,13-14H,7-8H2,1-2H3. The molecule has 3 nitrogen and oxygen atoms in total. The van der Waals surface area contributed by atoms with Gasteiger partial charge in [0.25, 0.3) is 0 Å². The lowest BCUT2D eigenvalue weighted by molar-refractivity contribution is -0.334. The Hall–Kier alpha value is -0.540. The van der Waals surface area contributed by atoms with Crippen molar-refractivity contribution in [1.82, 2.24) is 0 Å². The van der Waals surface area contributed by atoms with E-state index >= 15 is 0 Å². The van der Waals surface area contributed by atoms with Crippen LogP contribution in [0.5, 0.6) is 0 Å². The van der Waals surface area contributed by atoms with Gasteiger partial charge in [-0.05, 0) is 35.5 Å². The summed E-state index contributed by atoms with van der Waals surface area (Å²) in [6.07, 6.45) is -23.5. The minimum Gasteiger partial charge on any atom is -0.380 e. The number of rotatable bonds is 6. The van der Waals surface area contributed by atoms with Gasteiger partial charge >= 0.3 is 24.7 Å². The van der Waals surface area contributed by atoms with Crippen molar-refractivity contribution in [3.8, 4) is 0 Å². The lowest BCUT2D eigenvalue weighted by Crippen LogP contribution is -2.66. The highest BCUT2D eigenvalue weighted by atomic mass is 127. The van der Waals surface area contributed by atoms with Crippen LogP contribution in [0.1, 0.15) is 0 Å². The summed E-state index contributed by atoms with van der Waals surface area (Å²) in [6, 6.07) is 0. The van der Waals surface area contributed by atoms with E-state index in [0.717, 1.165) is 59.4 Å². The third kappa shape index (κ3) is 6.29. The molecule has 37 heavy (non-hydrogen) atoms. The molecular weight excluding hydrogens is 770 g/mol.